The van der Waals surface area contributed by atoms with E-state index in [0.717, 1.165) is 38.5 Å². The lowest BCUT2D eigenvalue weighted by Crippen LogP contribution is -2.43. The van der Waals surface area contributed by atoms with Crippen molar-refractivity contribution in [1.82, 2.24) is 10.2 Å². The third-order valence-corrected chi connectivity index (χ3v) is 4.25. The standard InChI is InChI=1S/C15H17N3O/c16-7-11-1-3-12(4-2-11)15(19)18-6-5-13-8-17-9-14(13)10-18/h1-4,13-14,17H,5-6,8-10H2. The molecule has 2 aliphatic rings. The first-order chi connectivity index (χ1) is 9.28. The molecule has 2 atom stereocenters. The van der Waals surface area contributed by atoms with E-state index in [1.165, 1.54) is 0 Å². The predicted molar refractivity (Wildman–Crippen MR) is 71.5 cm³/mol. The Hall–Kier alpha value is -1.86. The summed E-state index contributed by atoms with van der Waals surface area (Å²) in [4.78, 5) is 14.4. The quantitative estimate of drug-likeness (QED) is 0.821. The first-order valence-electron chi connectivity index (χ1n) is 6.78. The van der Waals surface area contributed by atoms with Gasteiger partial charge in [-0.3, -0.25) is 4.79 Å². The van der Waals surface area contributed by atoms with Gasteiger partial charge in [0.2, 0.25) is 0 Å². The third-order valence-electron chi connectivity index (χ3n) is 4.25. The molecule has 2 fully saturated rings. The van der Waals surface area contributed by atoms with Gasteiger partial charge in [0.25, 0.3) is 5.91 Å². The molecule has 3 rings (SSSR count). The molecule has 1 aromatic rings. The second kappa shape index (κ2) is 5.02. The van der Waals surface area contributed by atoms with Crippen LogP contribution in [0.15, 0.2) is 24.3 Å². The molecule has 1 aromatic carbocycles. The molecule has 1 amide bonds. The van der Waals surface area contributed by atoms with E-state index in [1.54, 1.807) is 24.3 Å². The van der Waals surface area contributed by atoms with E-state index in [9.17, 15) is 4.79 Å². The normalized spacial score (nSPS) is 25.7. The van der Waals surface area contributed by atoms with Gasteiger partial charge < -0.3 is 10.2 Å². The smallest absolute Gasteiger partial charge is 0.253 e. The molecule has 0 saturated carbocycles. The number of benzene rings is 1. The summed E-state index contributed by atoms with van der Waals surface area (Å²) in [6.45, 7) is 3.84. The van der Waals surface area contributed by atoms with Crippen LogP contribution < -0.4 is 5.32 Å². The molecule has 98 valence electrons. The van der Waals surface area contributed by atoms with Crippen LogP contribution in [0.25, 0.3) is 0 Å². The Morgan fingerprint density at radius 1 is 1.26 bits per heavy atom. The number of piperidine rings is 1. The van der Waals surface area contributed by atoms with Gasteiger partial charge in [-0.15, -0.1) is 0 Å². The molecule has 0 spiro atoms. The van der Waals surface area contributed by atoms with Gasteiger partial charge in [-0.25, -0.2) is 0 Å². The maximum Gasteiger partial charge on any atom is 0.253 e. The number of carbonyl (C=O) groups is 1. The fraction of sp³-hybridized carbons (Fsp3) is 0.467. The lowest BCUT2D eigenvalue weighted by molar-refractivity contribution is 0.0642. The molecule has 2 unspecified atom stereocenters. The summed E-state index contributed by atoms with van der Waals surface area (Å²) in [5.74, 6) is 1.44. The molecule has 2 aliphatic heterocycles. The Morgan fingerprint density at radius 3 is 2.74 bits per heavy atom. The fourth-order valence-corrected chi connectivity index (χ4v) is 3.09. The Bertz CT molecular complexity index is 517. The first kappa shape index (κ1) is 12.2. The zero-order valence-electron chi connectivity index (χ0n) is 10.8. The molecule has 4 nitrogen and oxygen atoms in total. The lowest BCUT2D eigenvalue weighted by Gasteiger charge is -2.34. The molecule has 0 aliphatic carbocycles. The number of likely N-dealkylation sites (tertiary alicyclic amines) is 1. The van der Waals surface area contributed by atoms with Gasteiger partial charge in [0.05, 0.1) is 11.6 Å². The van der Waals surface area contributed by atoms with Crippen LogP contribution in [0.2, 0.25) is 0 Å². The summed E-state index contributed by atoms with van der Waals surface area (Å²) in [5, 5.41) is 12.2. The Kier molecular flexibility index (Phi) is 3.22. The number of fused-ring (bicyclic) bond motifs is 1. The maximum atomic E-state index is 12.4. The van der Waals surface area contributed by atoms with Crippen LogP contribution in [0.3, 0.4) is 0 Å². The van der Waals surface area contributed by atoms with E-state index >= 15 is 0 Å². The SMILES string of the molecule is N#Cc1ccc(C(=O)N2CCC3CNCC3C2)cc1. The van der Waals surface area contributed by atoms with Crippen LogP contribution in [0.5, 0.6) is 0 Å². The van der Waals surface area contributed by atoms with Crippen molar-refractivity contribution in [1.29, 1.82) is 5.26 Å². The highest BCUT2D eigenvalue weighted by Gasteiger charge is 2.34. The largest absolute Gasteiger partial charge is 0.338 e. The van der Waals surface area contributed by atoms with Crippen molar-refractivity contribution in [2.24, 2.45) is 11.8 Å². The van der Waals surface area contributed by atoms with Crippen molar-refractivity contribution in [3.63, 3.8) is 0 Å². The molecule has 0 bridgehead atoms. The molecule has 1 N–H and O–H groups in total. The molecule has 2 heterocycles. The van der Waals surface area contributed by atoms with Crippen molar-refractivity contribution in [2.75, 3.05) is 26.2 Å². The minimum absolute atomic E-state index is 0.0924. The van der Waals surface area contributed by atoms with Crippen molar-refractivity contribution >= 4 is 5.91 Å². The van der Waals surface area contributed by atoms with Crippen LogP contribution in [0, 0.1) is 23.2 Å². The minimum Gasteiger partial charge on any atom is -0.338 e. The third kappa shape index (κ3) is 2.34. The molecular formula is C15H17N3O. The van der Waals surface area contributed by atoms with E-state index in [-0.39, 0.29) is 5.91 Å². The highest BCUT2D eigenvalue weighted by Crippen LogP contribution is 2.27. The van der Waals surface area contributed by atoms with E-state index in [4.69, 9.17) is 5.26 Å². The average Bonchev–Trinajstić information content (AvgIpc) is 2.94. The number of carbonyl (C=O) groups excluding carboxylic acids is 1. The number of hydrogen-bond acceptors (Lipinski definition) is 3. The van der Waals surface area contributed by atoms with Crippen LogP contribution in [-0.2, 0) is 0 Å². The van der Waals surface area contributed by atoms with Crippen LogP contribution >= 0.6 is 0 Å². The van der Waals surface area contributed by atoms with E-state index in [1.807, 2.05) is 4.90 Å². The number of rotatable bonds is 1. The van der Waals surface area contributed by atoms with Crippen molar-refractivity contribution in [3.8, 4) is 6.07 Å². The highest BCUT2D eigenvalue weighted by atomic mass is 16.2. The highest BCUT2D eigenvalue weighted by molar-refractivity contribution is 5.94. The van der Waals surface area contributed by atoms with E-state index < -0.39 is 0 Å². The number of hydrogen-bond donors (Lipinski definition) is 1. The average molecular weight is 255 g/mol. The van der Waals surface area contributed by atoms with E-state index in [2.05, 4.69) is 11.4 Å². The van der Waals surface area contributed by atoms with Gasteiger partial charge in [-0.05, 0) is 55.6 Å². The van der Waals surface area contributed by atoms with Gasteiger partial charge >= 0.3 is 0 Å². The first-order valence-corrected chi connectivity index (χ1v) is 6.78. The topological polar surface area (TPSA) is 56.1 Å². The van der Waals surface area contributed by atoms with E-state index in [0.29, 0.717) is 17.0 Å². The van der Waals surface area contributed by atoms with Gasteiger partial charge in [0, 0.05) is 18.7 Å². The maximum absolute atomic E-state index is 12.4. The zero-order valence-corrected chi connectivity index (χ0v) is 10.8. The van der Waals surface area contributed by atoms with Gasteiger partial charge in [0.15, 0.2) is 0 Å². The second-order valence-electron chi connectivity index (χ2n) is 5.41. The van der Waals surface area contributed by atoms with Gasteiger partial charge in [0.1, 0.15) is 0 Å². The minimum atomic E-state index is 0.0924. The van der Waals surface area contributed by atoms with Crippen molar-refractivity contribution in [2.45, 2.75) is 6.42 Å². The van der Waals surface area contributed by atoms with Gasteiger partial charge in [-0.1, -0.05) is 0 Å². The summed E-state index contributed by atoms with van der Waals surface area (Å²) in [7, 11) is 0. The molecule has 19 heavy (non-hydrogen) atoms. The van der Waals surface area contributed by atoms with Crippen LogP contribution in [-0.4, -0.2) is 37.0 Å². The Labute approximate surface area is 113 Å². The number of amides is 1. The van der Waals surface area contributed by atoms with Gasteiger partial charge in [-0.2, -0.15) is 5.26 Å². The van der Waals surface area contributed by atoms with Crippen LogP contribution in [0.4, 0.5) is 0 Å². The van der Waals surface area contributed by atoms with Crippen LogP contribution in [0.1, 0.15) is 22.3 Å². The zero-order chi connectivity index (χ0) is 13.2. The summed E-state index contributed by atoms with van der Waals surface area (Å²) in [6, 6.07) is 8.98. The lowest BCUT2D eigenvalue weighted by atomic mass is 9.88. The number of nitriles is 1. The molecule has 2 saturated heterocycles. The van der Waals surface area contributed by atoms with Crippen molar-refractivity contribution in [3.05, 3.63) is 35.4 Å². The summed E-state index contributed by atoms with van der Waals surface area (Å²) < 4.78 is 0. The Morgan fingerprint density at radius 2 is 2.00 bits per heavy atom. The summed E-state index contributed by atoms with van der Waals surface area (Å²) in [5.41, 5.74) is 1.28. The second-order valence-corrected chi connectivity index (χ2v) is 5.41. The number of nitrogens with one attached hydrogen (secondary N) is 1. The molecule has 0 aromatic heterocycles. The molecular weight excluding hydrogens is 238 g/mol. The monoisotopic (exact) mass is 255 g/mol. The van der Waals surface area contributed by atoms with Crippen molar-refractivity contribution < 1.29 is 4.79 Å². The number of nitrogens with zero attached hydrogens (tertiary/aromatic N) is 2. The summed E-state index contributed by atoms with van der Waals surface area (Å²) >= 11 is 0. The fourth-order valence-electron chi connectivity index (χ4n) is 3.09. The Balaban J connectivity index is 1.71. The molecule has 4 heteroatoms. The molecule has 0 radical (unpaired) electrons. The predicted octanol–water partition coefficient (Wildman–Crippen LogP) is 1.24. The summed E-state index contributed by atoms with van der Waals surface area (Å²) in [6.07, 6.45) is 1.10.